The molecule has 2 aromatic rings. The predicted molar refractivity (Wildman–Crippen MR) is 160 cm³/mol. The van der Waals surface area contributed by atoms with Crippen LogP contribution in [0.15, 0.2) is 42.5 Å². The third kappa shape index (κ3) is 5.19. The molecule has 2 heterocycles. The van der Waals surface area contributed by atoms with Gasteiger partial charge >= 0.3 is 6.09 Å². The van der Waals surface area contributed by atoms with E-state index < -0.39 is 16.6 Å². The first kappa shape index (κ1) is 27.3. The van der Waals surface area contributed by atoms with E-state index >= 15 is 0 Å². The summed E-state index contributed by atoms with van der Waals surface area (Å²) in [5.74, 6) is 1.64. The van der Waals surface area contributed by atoms with Crippen LogP contribution in [0.3, 0.4) is 0 Å². The molecule has 6 nitrogen and oxygen atoms in total. The Morgan fingerprint density at radius 2 is 1.79 bits per heavy atom. The van der Waals surface area contributed by atoms with Gasteiger partial charge in [0.05, 0.1) is 9.17 Å². The van der Waals surface area contributed by atoms with E-state index in [1.165, 1.54) is 24.0 Å². The van der Waals surface area contributed by atoms with Crippen molar-refractivity contribution in [2.45, 2.75) is 88.6 Å². The van der Waals surface area contributed by atoms with E-state index in [2.05, 4.69) is 51.8 Å². The average molecular weight is 645 g/mol. The first-order valence-electron chi connectivity index (χ1n) is 14.5. The fourth-order valence-electron chi connectivity index (χ4n) is 7.24. The third-order valence-corrected chi connectivity index (χ3v) is 10.2. The van der Waals surface area contributed by atoms with Crippen LogP contribution in [-0.2, 0) is 23.2 Å². The fourth-order valence-corrected chi connectivity index (χ4v) is 7.93. The summed E-state index contributed by atoms with van der Waals surface area (Å²) in [7, 11) is 0. The Hall–Kier alpha value is -1.84. The molecule has 0 radical (unpaired) electrons. The quantitative estimate of drug-likeness (QED) is 0.411. The van der Waals surface area contributed by atoms with Crippen molar-refractivity contribution in [2.24, 2.45) is 5.92 Å². The monoisotopic (exact) mass is 644 g/mol. The van der Waals surface area contributed by atoms with E-state index in [1.54, 1.807) is 0 Å². The highest BCUT2D eigenvalue weighted by Crippen LogP contribution is 2.57. The van der Waals surface area contributed by atoms with Gasteiger partial charge in [0.15, 0.2) is 0 Å². The van der Waals surface area contributed by atoms with E-state index in [0.717, 1.165) is 53.2 Å². The Morgan fingerprint density at radius 3 is 2.51 bits per heavy atom. The normalized spacial score (nSPS) is 28.7. The molecule has 1 saturated carbocycles. The fraction of sp³-hybridized carbons (Fsp3) is 0.594. The molecule has 1 amide bonds. The minimum Gasteiger partial charge on any atom is -0.488 e. The molecule has 1 N–H and O–H groups in total. The molecular formula is C32H41IN2O4. The Balaban J connectivity index is 1.36. The number of aliphatic hydroxyl groups is 1. The molecule has 0 aromatic heterocycles. The zero-order chi connectivity index (χ0) is 27.4. The van der Waals surface area contributed by atoms with Crippen LogP contribution in [0, 0.1) is 9.49 Å². The van der Waals surface area contributed by atoms with Crippen molar-refractivity contribution >= 4 is 28.7 Å². The predicted octanol–water partition coefficient (Wildman–Crippen LogP) is 5.91. The van der Waals surface area contributed by atoms with Gasteiger partial charge in [-0.2, -0.15) is 0 Å². The molecule has 4 aliphatic rings. The lowest BCUT2D eigenvalue weighted by atomic mass is 9.52. The maximum absolute atomic E-state index is 13.1. The lowest BCUT2D eigenvalue weighted by Crippen LogP contribution is -2.71. The molecule has 6 rings (SSSR count). The number of hydrogen-bond acceptors (Lipinski definition) is 5. The Bertz CT molecular complexity index is 1230. The number of nitrogens with zero attached hydrogens (tertiary/aromatic N) is 2. The zero-order valence-electron chi connectivity index (χ0n) is 23.4. The molecular weight excluding hydrogens is 603 g/mol. The van der Waals surface area contributed by atoms with Crippen LogP contribution in [0.2, 0.25) is 0 Å². The van der Waals surface area contributed by atoms with Crippen molar-refractivity contribution in [2.75, 3.05) is 26.2 Å². The third-order valence-electron chi connectivity index (χ3n) is 9.38. The van der Waals surface area contributed by atoms with Gasteiger partial charge in [0.2, 0.25) is 0 Å². The Labute approximate surface area is 246 Å². The van der Waals surface area contributed by atoms with Gasteiger partial charge in [-0.25, -0.2) is 4.79 Å². The summed E-state index contributed by atoms with van der Waals surface area (Å²) >= 11 is 2.40. The number of likely N-dealkylation sites (tertiary alicyclic amines) is 2. The maximum Gasteiger partial charge on any atom is 0.410 e. The minimum absolute atomic E-state index is 0.0600. The molecule has 39 heavy (non-hydrogen) atoms. The van der Waals surface area contributed by atoms with Crippen molar-refractivity contribution in [1.29, 1.82) is 0 Å². The lowest BCUT2D eigenvalue weighted by Gasteiger charge is -2.61. The van der Waals surface area contributed by atoms with Crippen molar-refractivity contribution in [3.05, 3.63) is 62.7 Å². The maximum atomic E-state index is 13.1. The summed E-state index contributed by atoms with van der Waals surface area (Å²) in [6.45, 7) is 9.39. The highest BCUT2D eigenvalue weighted by atomic mass is 127. The molecule has 2 bridgehead atoms. The van der Waals surface area contributed by atoms with E-state index in [9.17, 15) is 9.90 Å². The van der Waals surface area contributed by atoms with Gasteiger partial charge < -0.3 is 19.5 Å². The van der Waals surface area contributed by atoms with E-state index in [1.807, 2.05) is 43.9 Å². The van der Waals surface area contributed by atoms with Crippen LogP contribution in [0.1, 0.15) is 69.6 Å². The molecule has 3 unspecified atom stereocenters. The van der Waals surface area contributed by atoms with Crippen LogP contribution >= 0.6 is 22.6 Å². The lowest BCUT2D eigenvalue weighted by molar-refractivity contribution is -0.149. The van der Waals surface area contributed by atoms with Crippen molar-refractivity contribution in [3.63, 3.8) is 0 Å². The summed E-state index contributed by atoms with van der Waals surface area (Å²) < 4.78 is 13.3. The molecule has 0 spiro atoms. The van der Waals surface area contributed by atoms with Gasteiger partial charge in [-0.3, -0.25) is 4.90 Å². The smallest absolute Gasteiger partial charge is 0.410 e. The van der Waals surface area contributed by atoms with Crippen molar-refractivity contribution in [3.8, 4) is 5.75 Å². The molecule has 2 aliphatic carbocycles. The first-order valence-corrected chi connectivity index (χ1v) is 15.6. The Morgan fingerprint density at radius 1 is 1.08 bits per heavy atom. The topological polar surface area (TPSA) is 62.2 Å². The van der Waals surface area contributed by atoms with Crippen LogP contribution in [0.4, 0.5) is 4.79 Å². The molecule has 3 fully saturated rings. The van der Waals surface area contributed by atoms with Crippen molar-refractivity contribution in [1.82, 2.24) is 9.80 Å². The number of fused-ring (bicyclic) bond motifs is 1. The van der Waals surface area contributed by atoms with Crippen molar-refractivity contribution < 1.29 is 19.4 Å². The van der Waals surface area contributed by atoms with Crippen LogP contribution < -0.4 is 4.74 Å². The highest BCUT2D eigenvalue weighted by molar-refractivity contribution is 14.1. The average Bonchev–Trinajstić information content (AvgIpc) is 3.71. The number of piperidine rings is 1. The number of benzene rings is 2. The van der Waals surface area contributed by atoms with Crippen LogP contribution in [-0.4, -0.2) is 64.4 Å². The van der Waals surface area contributed by atoms with Gasteiger partial charge in [-0.1, -0.05) is 30.3 Å². The second kappa shape index (κ2) is 10.2. The second-order valence-electron chi connectivity index (χ2n) is 13.1. The molecule has 2 saturated heterocycles. The SMILES string of the molecule is CC(C)(C)OC(=O)N1CCC23CCN(CC4CC4)C(Cc4cc(I)c(OCc5ccccc5)cc42)C3(O)CC1. The summed E-state index contributed by atoms with van der Waals surface area (Å²) in [6, 6.07) is 14.8. The van der Waals surface area contributed by atoms with Gasteiger partial charge in [0, 0.05) is 31.1 Å². The summed E-state index contributed by atoms with van der Waals surface area (Å²) in [5.41, 5.74) is 1.81. The van der Waals surface area contributed by atoms with Gasteiger partial charge in [-0.05, 0) is 123 Å². The summed E-state index contributed by atoms with van der Waals surface area (Å²) in [6.07, 6.45) is 5.33. The summed E-state index contributed by atoms with van der Waals surface area (Å²) in [5, 5.41) is 12.8. The molecule has 7 heteroatoms. The number of hydrogen-bond donors (Lipinski definition) is 1. The zero-order valence-corrected chi connectivity index (χ0v) is 25.6. The number of rotatable bonds is 5. The Kier molecular flexibility index (Phi) is 7.16. The number of halogens is 1. The van der Waals surface area contributed by atoms with Gasteiger partial charge in [-0.15, -0.1) is 0 Å². The highest BCUT2D eigenvalue weighted by Gasteiger charge is 2.63. The first-order chi connectivity index (χ1) is 18.6. The number of ether oxygens (including phenoxy) is 2. The number of carbonyl (C=O) groups is 1. The largest absolute Gasteiger partial charge is 0.488 e. The van der Waals surface area contributed by atoms with Crippen LogP contribution in [0.25, 0.3) is 0 Å². The standard InChI is InChI=1S/C32H41IN2O4/c1-30(2,3)39-29(36)34-14-11-31-12-15-35(20-22-9-10-22)28(32(31,37)13-16-34)18-24-17-26(33)27(19-25(24)31)38-21-23-7-5-4-6-8-23/h4-8,17,19,22,28,37H,9-16,18,20-21H2,1-3H3. The molecule has 2 aromatic carbocycles. The minimum atomic E-state index is -0.909. The van der Waals surface area contributed by atoms with Gasteiger partial charge in [0.1, 0.15) is 18.0 Å². The molecule has 210 valence electrons. The van der Waals surface area contributed by atoms with Crippen LogP contribution in [0.5, 0.6) is 5.75 Å². The van der Waals surface area contributed by atoms with E-state index in [4.69, 9.17) is 9.47 Å². The molecule has 3 atom stereocenters. The molecule has 2 aliphatic heterocycles. The van der Waals surface area contributed by atoms with Gasteiger partial charge in [0.25, 0.3) is 0 Å². The second-order valence-corrected chi connectivity index (χ2v) is 14.3. The number of amides is 1. The summed E-state index contributed by atoms with van der Waals surface area (Å²) in [4.78, 5) is 17.5. The van der Waals surface area contributed by atoms with E-state index in [0.29, 0.717) is 26.1 Å². The van der Waals surface area contributed by atoms with E-state index in [-0.39, 0.29) is 12.1 Å². The number of carbonyl (C=O) groups excluding carboxylic acids is 1.